The van der Waals surface area contributed by atoms with Crippen LogP contribution in [0.5, 0.6) is 0 Å². The van der Waals surface area contributed by atoms with Gasteiger partial charge in [0.2, 0.25) is 0 Å². The van der Waals surface area contributed by atoms with Gasteiger partial charge in [-0.3, -0.25) is 0 Å². The van der Waals surface area contributed by atoms with Crippen LogP contribution in [0.15, 0.2) is 67.0 Å². The number of hydrogen-bond acceptors (Lipinski definition) is 3. The second-order valence-electron chi connectivity index (χ2n) is 6.19. The highest BCUT2D eigenvalue weighted by molar-refractivity contribution is 5.73. The number of nitrogens with one attached hydrogen (secondary N) is 2. The average molecular weight is 364 g/mol. The monoisotopic (exact) mass is 364 g/mol. The van der Waals surface area contributed by atoms with E-state index >= 15 is 0 Å². The van der Waals surface area contributed by atoms with Crippen molar-refractivity contribution in [1.82, 2.24) is 20.4 Å². The molecule has 0 bridgehead atoms. The molecule has 0 aliphatic heterocycles. The van der Waals surface area contributed by atoms with Crippen molar-refractivity contribution in [2.75, 3.05) is 13.7 Å². The van der Waals surface area contributed by atoms with Crippen LogP contribution < -0.4 is 10.6 Å². The van der Waals surface area contributed by atoms with Crippen molar-refractivity contribution in [2.24, 2.45) is 0 Å². The molecule has 0 aliphatic carbocycles. The van der Waals surface area contributed by atoms with Crippen molar-refractivity contribution < 1.29 is 9.53 Å². The average Bonchev–Trinajstić information content (AvgIpc) is 3.17. The van der Waals surface area contributed by atoms with E-state index < -0.39 is 0 Å². The molecule has 0 radical (unpaired) electrons. The third-order valence-corrected chi connectivity index (χ3v) is 4.21. The van der Waals surface area contributed by atoms with E-state index in [1.165, 1.54) is 0 Å². The summed E-state index contributed by atoms with van der Waals surface area (Å²) in [5, 5.41) is 10.1. The van der Waals surface area contributed by atoms with Gasteiger partial charge >= 0.3 is 6.03 Å². The molecule has 0 atom stereocenters. The highest BCUT2D eigenvalue weighted by Crippen LogP contribution is 2.10. The summed E-state index contributed by atoms with van der Waals surface area (Å²) < 4.78 is 7.02. The Morgan fingerprint density at radius 2 is 1.78 bits per heavy atom. The number of methoxy groups -OCH3 is 1. The summed E-state index contributed by atoms with van der Waals surface area (Å²) in [6.45, 7) is 1.55. The summed E-state index contributed by atoms with van der Waals surface area (Å²) in [5.41, 5.74) is 4.22. The Morgan fingerprint density at radius 1 is 1.04 bits per heavy atom. The molecule has 0 unspecified atom stereocenters. The lowest BCUT2D eigenvalue weighted by atomic mass is 10.1. The van der Waals surface area contributed by atoms with Crippen LogP contribution in [0.25, 0.3) is 5.69 Å². The lowest BCUT2D eigenvalue weighted by Crippen LogP contribution is -2.36. The molecule has 6 heteroatoms. The van der Waals surface area contributed by atoms with Crippen molar-refractivity contribution >= 4 is 6.03 Å². The molecule has 2 N–H and O–H groups in total. The minimum atomic E-state index is -0.183. The fourth-order valence-corrected chi connectivity index (χ4v) is 2.80. The Kier molecular flexibility index (Phi) is 6.60. The predicted octanol–water partition coefficient (Wildman–Crippen LogP) is 3.06. The number of para-hydroxylation sites is 1. The van der Waals surface area contributed by atoms with E-state index in [4.69, 9.17) is 4.74 Å². The minimum absolute atomic E-state index is 0.183. The molecule has 140 valence electrons. The molecule has 27 heavy (non-hydrogen) atoms. The highest BCUT2D eigenvalue weighted by atomic mass is 16.5. The van der Waals surface area contributed by atoms with Crippen LogP contribution in [0.2, 0.25) is 0 Å². The van der Waals surface area contributed by atoms with Gasteiger partial charge in [-0.15, -0.1) is 0 Å². The number of aromatic nitrogens is 2. The SMILES string of the molecule is COCc1ccccc1CNC(=O)NCCc1cnn(-c2ccccc2)c1. The van der Waals surface area contributed by atoms with E-state index in [2.05, 4.69) is 15.7 Å². The Morgan fingerprint density at radius 3 is 2.56 bits per heavy atom. The van der Waals surface area contributed by atoms with Crippen LogP contribution >= 0.6 is 0 Å². The van der Waals surface area contributed by atoms with Crippen LogP contribution in [-0.2, 0) is 24.3 Å². The van der Waals surface area contributed by atoms with E-state index in [9.17, 15) is 4.79 Å². The van der Waals surface area contributed by atoms with Crippen LogP contribution in [0.1, 0.15) is 16.7 Å². The molecule has 3 aromatic rings. The third kappa shape index (κ3) is 5.43. The molecule has 0 saturated heterocycles. The van der Waals surface area contributed by atoms with Gasteiger partial charge in [-0.1, -0.05) is 42.5 Å². The van der Waals surface area contributed by atoms with Gasteiger partial charge in [-0.2, -0.15) is 5.10 Å². The summed E-state index contributed by atoms with van der Waals surface area (Å²) in [4.78, 5) is 12.0. The maximum absolute atomic E-state index is 12.0. The van der Waals surface area contributed by atoms with E-state index in [1.54, 1.807) is 7.11 Å². The van der Waals surface area contributed by atoms with Crippen molar-refractivity contribution in [1.29, 1.82) is 0 Å². The van der Waals surface area contributed by atoms with Crippen molar-refractivity contribution in [3.05, 3.63) is 83.7 Å². The first-order valence-electron chi connectivity index (χ1n) is 8.92. The summed E-state index contributed by atoms with van der Waals surface area (Å²) in [5.74, 6) is 0. The number of amides is 2. The second kappa shape index (κ2) is 9.54. The Bertz CT molecular complexity index is 861. The van der Waals surface area contributed by atoms with Crippen LogP contribution in [0.4, 0.5) is 4.79 Å². The zero-order valence-electron chi connectivity index (χ0n) is 15.4. The molecule has 0 aliphatic rings. The van der Waals surface area contributed by atoms with Crippen molar-refractivity contribution in [3.63, 3.8) is 0 Å². The van der Waals surface area contributed by atoms with Crippen molar-refractivity contribution in [2.45, 2.75) is 19.6 Å². The minimum Gasteiger partial charge on any atom is -0.380 e. The lowest BCUT2D eigenvalue weighted by molar-refractivity contribution is 0.184. The number of nitrogens with zero attached hydrogens (tertiary/aromatic N) is 2. The smallest absolute Gasteiger partial charge is 0.315 e. The van der Waals surface area contributed by atoms with Crippen LogP contribution in [-0.4, -0.2) is 29.5 Å². The normalized spacial score (nSPS) is 10.6. The Labute approximate surface area is 159 Å². The van der Waals surface area contributed by atoms with Crippen molar-refractivity contribution in [3.8, 4) is 5.69 Å². The fourth-order valence-electron chi connectivity index (χ4n) is 2.80. The van der Waals surface area contributed by atoms with E-state index in [0.29, 0.717) is 19.7 Å². The number of hydrogen-bond donors (Lipinski definition) is 2. The second-order valence-corrected chi connectivity index (χ2v) is 6.19. The molecule has 6 nitrogen and oxygen atoms in total. The van der Waals surface area contributed by atoms with Gasteiger partial charge in [-0.05, 0) is 35.2 Å². The fraction of sp³-hybridized carbons (Fsp3) is 0.238. The molecule has 2 amide bonds. The Hall–Kier alpha value is -3.12. The quantitative estimate of drug-likeness (QED) is 0.645. The zero-order chi connectivity index (χ0) is 18.9. The first-order valence-corrected chi connectivity index (χ1v) is 8.92. The summed E-state index contributed by atoms with van der Waals surface area (Å²) in [6, 6.07) is 17.7. The maximum Gasteiger partial charge on any atom is 0.315 e. The summed E-state index contributed by atoms with van der Waals surface area (Å²) in [6.07, 6.45) is 4.53. The third-order valence-electron chi connectivity index (χ3n) is 4.21. The van der Waals surface area contributed by atoms with E-state index in [0.717, 1.165) is 28.8 Å². The number of benzene rings is 2. The molecule has 0 saturated carbocycles. The molecule has 2 aromatic carbocycles. The number of urea groups is 1. The molecule has 0 fully saturated rings. The van der Waals surface area contributed by atoms with Gasteiger partial charge in [0.25, 0.3) is 0 Å². The summed E-state index contributed by atoms with van der Waals surface area (Å²) >= 11 is 0. The Balaban J connectivity index is 1.43. The molecule has 0 spiro atoms. The molecule has 3 rings (SSSR count). The summed E-state index contributed by atoms with van der Waals surface area (Å²) in [7, 11) is 1.66. The number of carbonyl (C=O) groups is 1. The van der Waals surface area contributed by atoms with Gasteiger partial charge in [0, 0.05) is 26.4 Å². The molecular formula is C21H24N4O2. The first-order chi connectivity index (χ1) is 13.3. The van der Waals surface area contributed by atoms with Gasteiger partial charge in [0.1, 0.15) is 0 Å². The number of carbonyl (C=O) groups excluding carboxylic acids is 1. The molecular weight excluding hydrogens is 340 g/mol. The maximum atomic E-state index is 12.0. The number of rotatable bonds is 8. The van der Waals surface area contributed by atoms with Crippen LogP contribution in [0, 0.1) is 0 Å². The predicted molar refractivity (Wildman–Crippen MR) is 105 cm³/mol. The highest BCUT2D eigenvalue weighted by Gasteiger charge is 2.05. The van der Waals surface area contributed by atoms with Gasteiger partial charge in [-0.25, -0.2) is 9.48 Å². The largest absolute Gasteiger partial charge is 0.380 e. The molecule has 1 heterocycles. The topological polar surface area (TPSA) is 68.2 Å². The van der Waals surface area contributed by atoms with Crippen LogP contribution in [0.3, 0.4) is 0 Å². The van der Waals surface area contributed by atoms with Gasteiger partial charge < -0.3 is 15.4 Å². The van der Waals surface area contributed by atoms with Gasteiger partial charge in [0.15, 0.2) is 0 Å². The first kappa shape index (κ1) is 18.7. The van der Waals surface area contributed by atoms with Gasteiger partial charge in [0.05, 0.1) is 18.5 Å². The van der Waals surface area contributed by atoms with E-state index in [1.807, 2.05) is 71.7 Å². The lowest BCUT2D eigenvalue weighted by Gasteiger charge is -2.11. The van der Waals surface area contributed by atoms with E-state index in [-0.39, 0.29) is 6.03 Å². The zero-order valence-corrected chi connectivity index (χ0v) is 15.4. The molecule has 1 aromatic heterocycles. The standard InChI is InChI=1S/C21H24N4O2/c1-27-16-19-8-6-5-7-18(19)14-23-21(26)22-12-11-17-13-24-25(15-17)20-9-3-2-4-10-20/h2-10,13,15H,11-12,14,16H2,1H3,(H2,22,23,26). The number of ether oxygens (including phenoxy) is 1.